The highest BCUT2D eigenvalue weighted by atomic mass is 16.6. The number of nitrogens with zero attached hydrogens (tertiary/aromatic N) is 1. The number of benzene rings is 1. The van der Waals surface area contributed by atoms with E-state index in [1.54, 1.807) is 19.1 Å². The molecule has 0 amide bonds. The Morgan fingerprint density at radius 2 is 2.39 bits per heavy atom. The van der Waals surface area contributed by atoms with Gasteiger partial charge in [0, 0.05) is 6.07 Å². The van der Waals surface area contributed by atoms with Crippen LogP contribution >= 0.6 is 0 Å². The van der Waals surface area contributed by atoms with Gasteiger partial charge in [-0.15, -0.1) is 0 Å². The number of nitro groups is 1. The molecule has 1 aromatic rings. The Hall–Kier alpha value is -1.62. The van der Waals surface area contributed by atoms with Gasteiger partial charge in [0.25, 0.3) is 5.69 Å². The second kappa shape index (κ2) is 5.82. The molecule has 0 spiro atoms. The van der Waals surface area contributed by atoms with Crippen LogP contribution in [0.3, 0.4) is 0 Å². The van der Waals surface area contributed by atoms with Crippen molar-refractivity contribution in [2.45, 2.75) is 19.8 Å². The number of nitro benzene ring substituents is 1. The topological polar surface area (TPSA) is 64.4 Å². The summed E-state index contributed by atoms with van der Waals surface area (Å²) < 4.78 is 5.66. The van der Waals surface area contributed by atoms with Gasteiger partial charge in [-0.3, -0.25) is 10.1 Å². The summed E-state index contributed by atoms with van der Waals surface area (Å²) in [5.41, 5.74) is 0.724. The molecule has 1 aromatic carbocycles. The first-order chi connectivity index (χ1) is 8.68. The lowest BCUT2D eigenvalue weighted by molar-refractivity contribution is -0.385. The molecule has 1 fully saturated rings. The molecular weight excluding hydrogens is 232 g/mol. The van der Waals surface area contributed by atoms with E-state index in [4.69, 9.17) is 4.74 Å². The quantitative estimate of drug-likeness (QED) is 0.643. The van der Waals surface area contributed by atoms with Gasteiger partial charge in [0.2, 0.25) is 0 Å². The summed E-state index contributed by atoms with van der Waals surface area (Å²) in [6.45, 7) is 4.48. The molecule has 1 atom stereocenters. The van der Waals surface area contributed by atoms with Crippen LogP contribution in [0.2, 0.25) is 0 Å². The van der Waals surface area contributed by atoms with Crippen LogP contribution in [-0.2, 0) is 0 Å². The van der Waals surface area contributed by atoms with E-state index in [0.717, 1.165) is 19.5 Å². The molecular formula is C13H18N2O3. The second-order valence-corrected chi connectivity index (χ2v) is 4.65. The molecule has 1 N–H and O–H groups in total. The molecule has 5 heteroatoms. The number of hydrogen-bond acceptors (Lipinski definition) is 4. The van der Waals surface area contributed by atoms with Gasteiger partial charge in [0.05, 0.1) is 17.1 Å². The normalized spacial score (nSPS) is 18.8. The Kier molecular flexibility index (Phi) is 4.15. The number of nitrogens with one attached hydrogen (secondary N) is 1. The Morgan fingerprint density at radius 3 is 3.06 bits per heavy atom. The van der Waals surface area contributed by atoms with Gasteiger partial charge in [0.1, 0.15) is 5.75 Å². The summed E-state index contributed by atoms with van der Waals surface area (Å²) in [6, 6.07) is 4.95. The average Bonchev–Trinajstić information content (AvgIpc) is 2.84. The minimum absolute atomic E-state index is 0.120. The van der Waals surface area contributed by atoms with E-state index in [1.165, 1.54) is 12.5 Å². The zero-order valence-corrected chi connectivity index (χ0v) is 10.5. The predicted molar refractivity (Wildman–Crippen MR) is 68.9 cm³/mol. The molecule has 1 saturated heterocycles. The first-order valence-corrected chi connectivity index (χ1v) is 6.26. The maximum absolute atomic E-state index is 10.8. The number of hydrogen-bond donors (Lipinski definition) is 1. The van der Waals surface area contributed by atoms with Gasteiger partial charge in [-0.2, -0.15) is 0 Å². The highest BCUT2D eigenvalue weighted by Gasteiger charge is 2.16. The Balaban J connectivity index is 1.92. The highest BCUT2D eigenvalue weighted by molar-refractivity contribution is 5.48. The predicted octanol–water partition coefficient (Wildman–Crippen LogP) is 2.28. The summed E-state index contributed by atoms with van der Waals surface area (Å²) in [6.07, 6.45) is 2.19. The minimum atomic E-state index is -0.372. The van der Waals surface area contributed by atoms with Gasteiger partial charge < -0.3 is 10.1 Å². The van der Waals surface area contributed by atoms with Crippen molar-refractivity contribution in [2.75, 3.05) is 19.7 Å². The summed E-state index contributed by atoms with van der Waals surface area (Å²) in [7, 11) is 0. The van der Waals surface area contributed by atoms with E-state index in [9.17, 15) is 10.1 Å². The standard InChI is InChI=1S/C13H18N2O3/c1-10-12(15(16)17)3-2-4-13(10)18-8-6-11-5-7-14-9-11/h2-4,11,14H,5-9H2,1H3. The molecule has 0 radical (unpaired) electrons. The van der Waals surface area contributed by atoms with E-state index >= 15 is 0 Å². The van der Waals surface area contributed by atoms with E-state index in [2.05, 4.69) is 5.32 Å². The van der Waals surface area contributed by atoms with Gasteiger partial charge in [-0.25, -0.2) is 0 Å². The third kappa shape index (κ3) is 2.98. The largest absolute Gasteiger partial charge is 0.493 e. The Labute approximate surface area is 106 Å². The lowest BCUT2D eigenvalue weighted by Crippen LogP contribution is -2.12. The van der Waals surface area contributed by atoms with Crippen molar-refractivity contribution >= 4 is 5.69 Å². The molecule has 1 aliphatic rings. The molecule has 5 nitrogen and oxygen atoms in total. The summed E-state index contributed by atoms with van der Waals surface area (Å²) in [4.78, 5) is 10.4. The third-order valence-corrected chi connectivity index (χ3v) is 3.40. The minimum Gasteiger partial charge on any atom is -0.493 e. The van der Waals surface area contributed by atoms with Crippen LogP contribution in [0.15, 0.2) is 18.2 Å². The van der Waals surface area contributed by atoms with Crippen LogP contribution < -0.4 is 10.1 Å². The molecule has 1 heterocycles. The Morgan fingerprint density at radius 1 is 1.56 bits per heavy atom. The number of rotatable bonds is 5. The van der Waals surface area contributed by atoms with Crippen molar-refractivity contribution in [1.82, 2.24) is 5.32 Å². The molecule has 0 aromatic heterocycles. The lowest BCUT2D eigenvalue weighted by atomic mass is 10.1. The highest BCUT2D eigenvalue weighted by Crippen LogP contribution is 2.27. The van der Waals surface area contributed by atoms with Gasteiger partial charge >= 0.3 is 0 Å². The van der Waals surface area contributed by atoms with E-state index < -0.39 is 0 Å². The Bertz CT molecular complexity index is 428. The van der Waals surface area contributed by atoms with Crippen LogP contribution in [0.25, 0.3) is 0 Å². The van der Waals surface area contributed by atoms with Crippen LogP contribution in [0.4, 0.5) is 5.69 Å². The van der Waals surface area contributed by atoms with Gasteiger partial charge in [0.15, 0.2) is 0 Å². The fraction of sp³-hybridized carbons (Fsp3) is 0.538. The molecule has 0 bridgehead atoms. The summed E-state index contributed by atoms with van der Waals surface area (Å²) in [5.74, 6) is 1.29. The van der Waals surface area contributed by atoms with Gasteiger partial charge in [-0.1, -0.05) is 6.07 Å². The van der Waals surface area contributed by atoms with E-state index in [-0.39, 0.29) is 10.6 Å². The average molecular weight is 250 g/mol. The fourth-order valence-corrected chi connectivity index (χ4v) is 2.25. The summed E-state index contributed by atoms with van der Waals surface area (Å²) in [5, 5.41) is 14.1. The SMILES string of the molecule is Cc1c(OCCC2CCNC2)cccc1[N+](=O)[O-]. The maximum atomic E-state index is 10.8. The molecule has 0 aliphatic carbocycles. The summed E-state index contributed by atoms with van der Waals surface area (Å²) >= 11 is 0. The smallest absolute Gasteiger partial charge is 0.276 e. The second-order valence-electron chi connectivity index (χ2n) is 4.65. The third-order valence-electron chi connectivity index (χ3n) is 3.40. The van der Waals surface area contributed by atoms with Crippen molar-refractivity contribution in [3.63, 3.8) is 0 Å². The zero-order valence-electron chi connectivity index (χ0n) is 10.5. The van der Waals surface area contributed by atoms with Crippen molar-refractivity contribution in [3.8, 4) is 5.75 Å². The molecule has 0 saturated carbocycles. The van der Waals surface area contributed by atoms with Gasteiger partial charge in [-0.05, 0) is 44.8 Å². The molecule has 98 valence electrons. The monoisotopic (exact) mass is 250 g/mol. The first kappa shape index (κ1) is 12.8. The molecule has 1 aliphatic heterocycles. The van der Waals surface area contributed by atoms with E-state index in [0.29, 0.717) is 23.8 Å². The maximum Gasteiger partial charge on any atom is 0.276 e. The first-order valence-electron chi connectivity index (χ1n) is 6.26. The molecule has 18 heavy (non-hydrogen) atoms. The molecule has 1 unspecified atom stereocenters. The van der Waals surface area contributed by atoms with Crippen LogP contribution in [-0.4, -0.2) is 24.6 Å². The van der Waals surface area contributed by atoms with Crippen molar-refractivity contribution in [1.29, 1.82) is 0 Å². The van der Waals surface area contributed by atoms with E-state index in [1.807, 2.05) is 0 Å². The van der Waals surface area contributed by atoms with Crippen molar-refractivity contribution < 1.29 is 9.66 Å². The van der Waals surface area contributed by atoms with Crippen molar-refractivity contribution in [3.05, 3.63) is 33.9 Å². The van der Waals surface area contributed by atoms with Crippen LogP contribution in [0, 0.1) is 23.0 Å². The molecule has 2 rings (SSSR count). The van der Waals surface area contributed by atoms with Crippen LogP contribution in [0.1, 0.15) is 18.4 Å². The zero-order chi connectivity index (χ0) is 13.0. The van der Waals surface area contributed by atoms with Crippen molar-refractivity contribution in [2.24, 2.45) is 5.92 Å². The number of ether oxygens (including phenoxy) is 1. The van der Waals surface area contributed by atoms with Crippen LogP contribution in [0.5, 0.6) is 5.75 Å². The fourth-order valence-electron chi connectivity index (χ4n) is 2.25. The lowest BCUT2D eigenvalue weighted by Gasteiger charge is -2.11.